The number of aryl methyl sites for hydroxylation is 1. The highest BCUT2D eigenvalue weighted by Crippen LogP contribution is 2.23. The van der Waals surface area contributed by atoms with E-state index in [-0.39, 0.29) is 24.1 Å². The molecule has 1 aromatic carbocycles. The smallest absolute Gasteiger partial charge is 0.257 e. The third-order valence-corrected chi connectivity index (χ3v) is 3.12. The van der Waals surface area contributed by atoms with Gasteiger partial charge in [0.05, 0.1) is 5.56 Å². The summed E-state index contributed by atoms with van der Waals surface area (Å²) in [6.07, 6.45) is 0. The lowest BCUT2D eigenvalue weighted by atomic mass is 10.1. The molecule has 0 radical (unpaired) electrons. The fourth-order valence-electron chi connectivity index (χ4n) is 2.12. The monoisotopic (exact) mass is 270 g/mol. The van der Waals surface area contributed by atoms with E-state index in [0.717, 1.165) is 12.1 Å². The SMILES string of the molecule is Cc1cccc(C(=O)N2CCN[C@@H](C)C2)c1O.Cl. The molecule has 1 amide bonds. The summed E-state index contributed by atoms with van der Waals surface area (Å²) in [6.45, 7) is 6.03. The summed E-state index contributed by atoms with van der Waals surface area (Å²) in [7, 11) is 0. The van der Waals surface area contributed by atoms with Crippen LogP contribution in [0.15, 0.2) is 18.2 Å². The molecule has 0 bridgehead atoms. The third-order valence-electron chi connectivity index (χ3n) is 3.12. The van der Waals surface area contributed by atoms with Gasteiger partial charge in [0, 0.05) is 25.7 Å². The van der Waals surface area contributed by atoms with Crippen molar-refractivity contribution in [2.24, 2.45) is 0 Å². The molecule has 0 spiro atoms. The molecule has 5 heteroatoms. The van der Waals surface area contributed by atoms with Crippen molar-refractivity contribution in [2.45, 2.75) is 19.9 Å². The van der Waals surface area contributed by atoms with Gasteiger partial charge in [0.25, 0.3) is 5.91 Å². The third kappa shape index (κ3) is 2.94. The number of para-hydroxylation sites is 1. The van der Waals surface area contributed by atoms with Crippen LogP contribution in [0.2, 0.25) is 0 Å². The van der Waals surface area contributed by atoms with Crippen LogP contribution in [0, 0.1) is 6.92 Å². The summed E-state index contributed by atoms with van der Waals surface area (Å²) in [5.74, 6) is 0.0169. The van der Waals surface area contributed by atoms with Gasteiger partial charge in [-0.3, -0.25) is 4.79 Å². The van der Waals surface area contributed by atoms with E-state index in [1.165, 1.54) is 0 Å². The maximum atomic E-state index is 12.3. The summed E-state index contributed by atoms with van der Waals surface area (Å²) in [5.41, 5.74) is 1.14. The van der Waals surface area contributed by atoms with Crippen molar-refractivity contribution in [3.8, 4) is 5.75 Å². The molecule has 1 atom stereocenters. The van der Waals surface area contributed by atoms with Crippen molar-refractivity contribution in [1.29, 1.82) is 0 Å². The molecule has 2 rings (SSSR count). The summed E-state index contributed by atoms with van der Waals surface area (Å²) in [5, 5.41) is 13.2. The molecule has 4 nitrogen and oxygen atoms in total. The molecule has 0 saturated carbocycles. The van der Waals surface area contributed by atoms with Gasteiger partial charge in [-0.2, -0.15) is 0 Å². The molecule has 1 aromatic rings. The zero-order valence-corrected chi connectivity index (χ0v) is 11.5. The summed E-state index contributed by atoms with van der Waals surface area (Å²) < 4.78 is 0. The maximum absolute atomic E-state index is 12.3. The Balaban J connectivity index is 0.00000162. The standard InChI is InChI=1S/C13H18N2O2.ClH/c1-9-4-3-5-11(12(9)16)13(17)15-7-6-14-10(2)8-15;/h3-5,10,14,16H,6-8H2,1-2H3;1H/t10-;/m0./s1. The van der Waals surface area contributed by atoms with Gasteiger partial charge in [-0.15, -0.1) is 12.4 Å². The second-order valence-electron chi connectivity index (χ2n) is 4.58. The number of phenolic OH excluding ortho intramolecular Hbond substituents is 1. The molecule has 18 heavy (non-hydrogen) atoms. The fourth-order valence-corrected chi connectivity index (χ4v) is 2.12. The Morgan fingerprint density at radius 3 is 2.89 bits per heavy atom. The van der Waals surface area contributed by atoms with Crippen LogP contribution < -0.4 is 5.32 Å². The molecule has 0 aromatic heterocycles. The van der Waals surface area contributed by atoms with Gasteiger partial charge in [-0.05, 0) is 25.5 Å². The lowest BCUT2D eigenvalue weighted by molar-refractivity contribution is 0.0706. The Kier molecular flexibility index (Phi) is 4.99. The van der Waals surface area contributed by atoms with Crippen molar-refractivity contribution in [1.82, 2.24) is 10.2 Å². The predicted octanol–water partition coefficient (Wildman–Crippen LogP) is 1.56. The minimum atomic E-state index is -0.0837. The number of nitrogens with one attached hydrogen (secondary N) is 1. The lowest BCUT2D eigenvalue weighted by Gasteiger charge is -2.32. The van der Waals surface area contributed by atoms with Crippen molar-refractivity contribution in [2.75, 3.05) is 19.6 Å². The van der Waals surface area contributed by atoms with Crippen molar-refractivity contribution >= 4 is 18.3 Å². The highest BCUT2D eigenvalue weighted by Gasteiger charge is 2.23. The first-order valence-corrected chi connectivity index (χ1v) is 5.91. The van der Waals surface area contributed by atoms with E-state index in [1.54, 1.807) is 30.0 Å². The molecule has 1 saturated heterocycles. The normalized spacial score (nSPS) is 19.2. The van der Waals surface area contributed by atoms with Gasteiger partial charge in [-0.1, -0.05) is 12.1 Å². The number of carbonyl (C=O) groups excluding carboxylic acids is 1. The molecule has 100 valence electrons. The van der Waals surface area contributed by atoms with E-state index in [4.69, 9.17) is 0 Å². The molecule has 1 aliphatic heterocycles. The zero-order chi connectivity index (χ0) is 12.4. The number of halogens is 1. The summed E-state index contributed by atoms with van der Waals surface area (Å²) >= 11 is 0. The van der Waals surface area contributed by atoms with Crippen molar-refractivity contribution in [3.05, 3.63) is 29.3 Å². The fraction of sp³-hybridized carbons (Fsp3) is 0.462. The highest BCUT2D eigenvalue weighted by atomic mass is 35.5. The summed E-state index contributed by atoms with van der Waals surface area (Å²) in [4.78, 5) is 14.0. The van der Waals surface area contributed by atoms with Crippen LogP contribution >= 0.6 is 12.4 Å². The van der Waals surface area contributed by atoms with Crippen LogP contribution in [0.3, 0.4) is 0 Å². The van der Waals surface area contributed by atoms with Crippen molar-refractivity contribution in [3.63, 3.8) is 0 Å². The van der Waals surface area contributed by atoms with Gasteiger partial charge >= 0.3 is 0 Å². The Morgan fingerprint density at radius 2 is 2.22 bits per heavy atom. The van der Waals surface area contributed by atoms with Gasteiger partial charge < -0.3 is 15.3 Å². The van der Waals surface area contributed by atoms with Crippen LogP contribution in [0.4, 0.5) is 0 Å². The number of hydrogen-bond donors (Lipinski definition) is 2. The number of aromatic hydroxyl groups is 1. The van der Waals surface area contributed by atoms with Crippen molar-refractivity contribution < 1.29 is 9.90 Å². The topological polar surface area (TPSA) is 52.6 Å². The number of phenols is 1. The minimum Gasteiger partial charge on any atom is -0.507 e. The van der Waals surface area contributed by atoms with Crippen LogP contribution in [-0.4, -0.2) is 41.6 Å². The van der Waals surface area contributed by atoms with E-state index < -0.39 is 0 Å². The quantitative estimate of drug-likeness (QED) is 0.814. The Morgan fingerprint density at radius 1 is 1.50 bits per heavy atom. The van der Waals surface area contributed by atoms with E-state index in [0.29, 0.717) is 24.7 Å². The Bertz CT molecular complexity index is 437. The van der Waals surface area contributed by atoms with Gasteiger partial charge in [-0.25, -0.2) is 0 Å². The number of rotatable bonds is 1. The van der Waals surface area contributed by atoms with Gasteiger partial charge in [0.1, 0.15) is 5.75 Å². The molecular formula is C13H19ClN2O2. The van der Waals surface area contributed by atoms with Crippen LogP contribution in [0.25, 0.3) is 0 Å². The zero-order valence-electron chi connectivity index (χ0n) is 10.6. The predicted molar refractivity (Wildman–Crippen MR) is 73.5 cm³/mol. The first-order chi connectivity index (χ1) is 8.09. The first kappa shape index (κ1) is 14.8. The van der Waals surface area contributed by atoms with Gasteiger partial charge in [0.15, 0.2) is 0 Å². The number of benzene rings is 1. The first-order valence-electron chi connectivity index (χ1n) is 5.91. The van der Waals surface area contributed by atoms with E-state index in [1.807, 2.05) is 0 Å². The lowest BCUT2D eigenvalue weighted by Crippen LogP contribution is -2.51. The molecule has 1 aliphatic rings. The number of carbonyl (C=O) groups is 1. The maximum Gasteiger partial charge on any atom is 0.257 e. The van der Waals surface area contributed by atoms with Crippen LogP contribution in [0.5, 0.6) is 5.75 Å². The molecule has 1 heterocycles. The average molecular weight is 271 g/mol. The highest BCUT2D eigenvalue weighted by molar-refractivity contribution is 5.97. The second kappa shape index (κ2) is 6.07. The van der Waals surface area contributed by atoms with Crippen LogP contribution in [0.1, 0.15) is 22.8 Å². The Hall–Kier alpha value is -1.26. The van der Waals surface area contributed by atoms with E-state index in [9.17, 15) is 9.90 Å². The molecule has 1 fully saturated rings. The average Bonchev–Trinajstić information content (AvgIpc) is 2.32. The molecule has 2 N–H and O–H groups in total. The molecule has 0 unspecified atom stereocenters. The second-order valence-corrected chi connectivity index (χ2v) is 4.58. The molecule has 0 aliphatic carbocycles. The number of hydrogen-bond acceptors (Lipinski definition) is 3. The van der Waals surface area contributed by atoms with E-state index in [2.05, 4.69) is 12.2 Å². The molecular weight excluding hydrogens is 252 g/mol. The van der Waals surface area contributed by atoms with Gasteiger partial charge in [0.2, 0.25) is 0 Å². The Labute approximate surface area is 113 Å². The number of nitrogens with zero attached hydrogens (tertiary/aromatic N) is 1. The van der Waals surface area contributed by atoms with Crippen LogP contribution in [-0.2, 0) is 0 Å². The summed E-state index contributed by atoms with van der Waals surface area (Å²) in [6, 6.07) is 5.58. The number of piperazine rings is 1. The minimum absolute atomic E-state index is 0. The largest absolute Gasteiger partial charge is 0.507 e. The van der Waals surface area contributed by atoms with E-state index >= 15 is 0 Å². The number of amides is 1.